The zero-order valence-corrected chi connectivity index (χ0v) is 7.85. The van der Waals surface area contributed by atoms with Gasteiger partial charge in [0.25, 0.3) is 0 Å². The van der Waals surface area contributed by atoms with Crippen LogP contribution < -0.4 is 0 Å². The molecule has 0 amide bonds. The van der Waals surface area contributed by atoms with Crippen LogP contribution in [0.1, 0.15) is 11.7 Å². The van der Waals surface area contributed by atoms with Gasteiger partial charge in [0.15, 0.2) is 0 Å². The number of hydrogen-bond donors (Lipinski definition) is 4. The first-order valence-corrected chi connectivity index (χ1v) is 4.36. The van der Waals surface area contributed by atoms with E-state index < -0.39 is 18.8 Å². The molecule has 0 aliphatic rings. The second-order valence-electron chi connectivity index (χ2n) is 2.79. The lowest BCUT2D eigenvalue weighted by Gasteiger charge is -2.15. The molecule has 72 valence electrons. The molecule has 1 rings (SSSR count). The van der Waals surface area contributed by atoms with Crippen LogP contribution in [0.3, 0.4) is 0 Å². The van der Waals surface area contributed by atoms with Gasteiger partial charge in [-0.05, 0) is 17.7 Å². The lowest BCUT2D eigenvalue weighted by Crippen LogP contribution is -2.21. The van der Waals surface area contributed by atoms with Crippen molar-refractivity contribution in [2.75, 3.05) is 6.61 Å². The Morgan fingerprint density at radius 1 is 1.31 bits per heavy atom. The van der Waals surface area contributed by atoms with E-state index in [2.05, 4.69) is 12.6 Å². The molecule has 0 saturated carbocycles. The summed E-state index contributed by atoms with van der Waals surface area (Å²) in [5.41, 5.74) is 0.550. The van der Waals surface area contributed by atoms with Crippen LogP contribution in [-0.4, -0.2) is 28.0 Å². The minimum Gasteiger partial charge on any atom is -0.394 e. The average Bonchev–Trinajstić information content (AvgIpc) is 2.15. The van der Waals surface area contributed by atoms with Crippen LogP contribution >= 0.6 is 12.6 Å². The van der Waals surface area contributed by atoms with Gasteiger partial charge >= 0.3 is 0 Å². The summed E-state index contributed by atoms with van der Waals surface area (Å²) in [5, 5.41) is 27.2. The maximum absolute atomic E-state index is 9.47. The molecule has 0 aromatic heterocycles. The van der Waals surface area contributed by atoms with E-state index >= 15 is 0 Å². The Bertz CT molecular complexity index is 277. The summed E-state index contributed by atoms with van der Waals surface area (Å²) in [4.78, 5) is 0.710. The monoisotopic (exact) mass is 200 g/mol. The van der Waals surface area contributed by atoms with Crippen molar-refractivity contribution in [2.24, 2.45) is 0 Å². The number of thiol groups is 1. The Kier molecular flexibility index (Phi) is 3.74. The van der Waals surface area contributed by atoms with Crippen molar-refractivity contribution < 1.29 is 15.3 Å². The topological polar surface area (TPSA) is 60.7 Å². The average molecular weight is 200 g/mol. The maximum Gasteiger partial charge on any atom is 0.107 e. The van der Waals surface area contributed by atoms with Gasteiger partial charge in [-0.1, -0.05) is 12.1 Å². The quantitative estimate of drug-likeness (QED) is 0.533. The summed E-state index contributed by atoms with van der Waals surface area (Å²) in [7, 11) is 0. The van der Waals surface area contributed by atoms with Gasteiger partial charge in [0.1, 0.15) is 12.2 Å². The van der Waals surface area contributed by atoms with E-state index in [1.165, 1.54) is 0 Å². The van der Waals surface area contributed by atoms with Crippen LogP contribution in [0.2, 0.25) is 0 Å². The van der Waals surface area contributed by atoms with E-state index in [1.807, 2.05) is 0 Å². The minimum absolute atomic E-state index is 0.460. The molecule has 1 aromatic rings. The molecule has 0 fully saturated rings. The Hall–Kier alpha value is -0.550. The number of benzene rings is 1. The summed E-state index contributed by atoms with van der Waals surface area (Å²) >= 11 is 4.09. The second kappa shape index (κ2) is 4.62. The van der Waals surface area contributed by atoms with Gasteiger partial charge in [0, 0.05) is 4.90 Å². The van der Waals surface area contributed by atoms with Crippen molar-refractivity contribution in [3.63, 3.8) is 0 Å². The van der Waals surface area contributed by atoms with E-state index in [4.69, 9.17) is 10.2 Å². The lowest BCUT2D eigenvalue weighted by molar-refractivity contribution is -0.0153. The molecule has 13 heavy (non-hydrogen) atoms. The van der Waals surface area contributed by atoms with Crippen LogP contribution in [0.25, 0.3) is 0 Å². The second-order valence-corrected chi connectivity index (χ2v) is 3.31. The molecule has 2 unspecified atom stereocenters. The molecule has 1 aromatic carbocycles. The molecule has 0 spiro atoms. The number of hydrogen-bond acceptors (Lipinski definition) is 4. The Balaban J connectivity index is 2.82. The van der Waals surface area contributed by atoms with Crippen molar-refractivity contribution in [1.82, 2.24) is 0 Å². The zero-order chi connectivity index (χ0) is 9.84. The van der Waals surface area contributed by atoms with E-state index in [9.17, 15) is 5.11 Å². The summed E-state index contributed by atoms with van der Waals surface area (Å²) in [6, 6.07) is 6.81. The van der Waals surface area contributed by atoms with Gasteiger partial charge < -0.3 is 15.3 Å². The van der Waals surface area contributed by atoms with Gasteiger partial charge in [-0.25, -0.2) is 0 Å². The first-order valence-electron chi connectivity index (χ1n) is 3.91. The molecular formula is C9H12O3S. The van der Waals surface area contributed by atoms with Crippen molar-refractivity contribution in [3.05, 3.63) is 29.8 Å². The predicted molar refractivity (Wildman–Crippen MR) is 51.7 cm³/mol. The third kappa shape index (κ3) is 2.70. The van der Waals surface area contributed by atoms with E-state index in [1.54, 1.807) is 24.3 Å². The largest absolute Gasteiger partial charge is 0.394 e. The van der Waals surface area contributed by atoms with E-state index in [-0.39, 0.29) is 0 Å². The summed E-state index contributed by atoms with van der Waals surface area (Å²) in [5.74, 6) is 0. The van der Waals surface area contributed by atoms with Crippen molar-refractivity contribution in [2.45, 2.75) is 17.1 Å². The molecule has 0 aliphatic carbocycles. The highest BCUT2D eigenvalue weighted by atomic mass is 32.1. The number of aliphatic hydroxyl groups is 3. The van der Waals surface area contributed by atoms with Crippen LogP contribution in [0.5, 0.6) is 0 Å². The zero-order valence-electron chi connectivity index (χ0n) is 6.96. The maximum atomic E-state index is 9.47. The van der Waals surface area contributed by atoms with Crippen molar-refractivity contribution in [3.8, 4) is 0 Å². The van der Waals surface area contributed by atoms with Gasteiger partial charge in [0.2, 0.25) is 0 Å². The number of rotatable bonds is 3. The molecule has 0 radical (unpaired) electrons. The molecule has 3 N–H and O–H groups in total. The predicted octanol–water partition coefficient (Wildman–Crippen LogP) is 0.362. The Labute approximate surface area is 82.1 Å². The molecule has 0 aliphatic heterocycles. The van der Waals surface area contributed by atoms with Crippen LogP contribution in [-0.2, 0) is 0 Å². The molecule has 0 heterocycles. The first-order chi connectivity index (χ1) is 6.15. The SMILES string of the molecule is OCC(O)C(O)c1cccc(S)c1. The fraction of sp³-hybridized carbons (Fsp3) is 0.333. The van der Waals surface area contributed by atoms with Gasteiger partial charge in [0.05, 0.1) is 6.61 Å². The highest BCUT2D eigenvalue weighted by molar-refractivity contribution is 7.80. The van der Waals surface area contributed by atoms with E-state index in [0.717, 1.165) is 0 Å². The standard InChI is InChI=1S/C9H12O3S/c10-5-8(11)9(12)6-2-1-3-7(13)4-6/h1-4,8-13H,5H2. The molecule has 0 saturated heterocycles. The lowest BCUT2D eigenvalue weighted by atomic mass is 10.1. The van der Waals surface area contributed by atoms with Crippen molar-refractivity contribution in [1.29, 1.82) is 0 Å². The molecule has 0 bridgehead atoms. The first kappa shape index (κ1) is 10.5. The molecule has 2 atom stereocenters. The third-order valence-corrected chi connectivity index (χ3v) is 2.04. The smallest absolute Gasteiger partial charge is 0.107 e. The summed E-state index contributed by atoms with van der Waals surface area (Å²) < 4.78 is 0. The molecular weight excluding hydrogens is 188 g/mol. The fourth-order valence-corrected chi connectivity index (χ4v) is 1.27. The molecule has 4 heteroatoms. The highest BCUT2D eigenvalue weighted by Gasteiger charge is 2.16. The van der Waals surface area contributed by atoms with Gasteiger partial charge in [-0.2, -0.15) is 0 Å². The van der Waals surface area contributed by atoms with Crippen LogP contribution in [0, 0.1) is 0 Å². The number of aliphatic hydroxyl groups excluding tert-OH is 3. The van der Waals surface area contributed by atoms with Gasteiger partial charge in [-0.15, -0.1) is 12.6 Å². The van der Waals surface area contributed by atoms with E-state index in [0.29, 0.717) is 10.5 Å². The van der Waals surface area contributed by atoms with Crippen LogP contribution in [0.15, 0.2) is 29.2 Å². The highest BCUT2D eigenvalue weighted by Crippen LogP contribution is 2.19. The summed E-state index contributed by atoms with van der Waals surface area (Å²) in [6.45, 7) is -0.460. The summed E-state index contributed by atoms with van der Waals surface area (Å²) in [6.07, 6.45) is -2.20. The molecule has 3 nitrogen and oxygen atoms in total. The Morgan fingerprint density at radius 2 is 2.00 bits per heavy atom. The van der Waals surface area contributed by atoms with Crippen LogP contribution in [0.4, 0.5) is 0 Å². The van der Waals surface area contributed by atoms with Crippen molar-refractivity contribution >= 4 is 12.6 Å². The Morgan fingerprint density at radius 3 is 2.54 bits per heavy atom. The minimum atomic E-state index is -1.14. The normalized spacial score (nSPS) is 15.4. The van der Waals surface area contributed by atoms with Gasteiger partial charge in [-0.3, -0.25) is 0 Å². The fourth-order valence-electron chi connectivity index (χ4n) is 1.03. The third-order valence-electron chi connectivity index (χ3n) is 1.76.